The Bertz CT molecular complexity index is 686. The van der Waals surface area contributed by atoms with E-state index in [1.54, 1.807) is 6.20 Å². The first kappa shape index (κ1) is 14.1. The van der Waals surface area contributed by atoms with Gasteiger partial charge < -0.3 is 10.6 Å². The zero-order chi connectivity index (χ0) is 14.8. The maximum atomic E-state index is 11.9. The highest BCUT2D eigenvalue weighted by molar-refractivity contribution is 8.00. The summed E-state index contributed by atoms with van der Waals surface area (Å²) in [6.07, 6.45) is 1.90. The lowest BCUT2D eigenvalue weighted by atomic mass is 10.1. The quantitative estimate of drug-likeness (QED) is 0.912. The fourth-order valence-corrected chi connectivity index (χ4v) is 3.48. The van der Waals surface area contributed by atoms with Crippen molar-refractivity contribution in [1.29, 1.82) is 0 Å². The predicted molar refractivity (Wildman–Crippen MR) is 84.8 cm³/mol. The Morgan fingerprint density at radius 2 is 2.33 bits per heavy atom. The molecule has 1 atom stereocenters. The van der Waals surface area contributed by atoms with Crippen LogP contribution in [0.3, 0.4) is 0 Å². The summed E-state index contributed by atoms with van der Waals surface area (Å²) in [6, 6.07) is 5.72. The van der Waals surface area contributed by atoms with E-state index in [1.807, 2.05) is 30.5 Å². The molecule has 1 aromatic heterocycles. The third-order valence-electron chi connectivity index (χ3n) is 3.02. The van der Waals surface area contributed by atoms with Crippen LogP contribution >= 0.6 is 23.1 Å². The Morgan fingerprint density at radius 3 is 3.10 bits per heavy atom. The number of benzene rings is 1. The van der Waals surface area contributed by atoms with E-state index in [2.05, 4.69) is 15.6 Å². The van der Waals surface area contributed by atoms with Crippen molar-refractivity contribution < 1.29 is 9.59 Å². The molecule has 2 heterocycles. The molecular formula is C14H13N3O2S2. The third kappa shape index (κ3) is 3.25. The van der Waals surface area contributed by atoms with Crippen molar-refractivity contribution >= 4 is 45.7 Å². The van der Waals surface area contributed by atoms with Crippen LogP contribution < -0.4 is 10.6 Å². The number of amides is 2. The number of thiazole rings is 1. The Kier molecular flexibility index (Phi) is 3.94. The molecule has 1 aromatic carbocycles. The van der Waals surface area contributed by atoms with E-state index in [9.17, 15) is 9.59 Å². The number of hydrogen-bond acceptors (Lipinski definition) is 5. The van der Waals surface area contributed by atoms with Gasteiger partial charge in [-0.15, -0.1) is 23.1 Å². The van der Waals surface area contributed by atoms with Crippen molar-refractivity contribution in [1.82, 2.24) is 4.98 Å². The van der Waals surface area contributed by atoms with Crippen molar-refractivity contribution in [2.24, 2.45) is 0 Å². The number of nitrogens with zero attached hydrogens (tertiary/aromatic N) is 1. The number of rotatable bonds is 3. The molecule has 7 heteroatoms. The van der Waals surface area contributed by atoms with Crippen LogP contribution in [0.25, 0.3) is 0 Å². The molecule has 0 aliphatic carbocycles. The molecule has 0 saturated heterocycles. The number of anilines is 2. The summed E-state index contributed by atoms with van der Waals surface area (Å²) in [7, 11) is 0. The van der Waals surface area contributed by atoms with Gasteiger partial charge in [0.25, 0.3) is 0 Å². The Balaban J connectivity index is 1.71. The van der Waals surface area contributed by atoms with Crippen molar-refractivity contribution in [3.05, 3.63) is 35.3 Å². The smallest absolute Gasteiger partial charge is 0.237 e. The van der Waals surface area contributed by atoms with E-state index in [0.29, 0.717) is 5.13 Å². The van der Waals surface area contributed by atoms with Gasteiger partial charge in [0.2, 0.25) is 11.8 Å². The van der Waals surface area contributed by atoms with Crippen LogP contribution in [0.4, 0.5) is 10.8 Å². The van der Waals surface area contributed by atoms with Gasteiger partial charge >= 0.3 is 0 Å². The number of fused-ring (bicyclic) bond motifs is 1. The number of carbonyl (C=O) groups excluding carboxylic acids is 2. The number of carbonyl (C=O) groups is 2. The molecule has 3 rings (SSSR count). The minimum Gasteiger partial charge on any atom is -0.324 e. The van der Waals surface area contributed by atoms with E-state index < -0.39 is 0 Å². The third-order valence-corrected chi connectivity index (χ3v) is 4.88. The first-order valence-electron chi connectivity index (χ1n) is 6.41. The molecule has 108 valence electrons. The summed E-state index contributed by atoms with van der Waals surface area (Å²) < 4.78 is 0. The highest BCUT2D eigenvalue weighted by atomic mass is 32.2. The van der Waals surface area contributed by atoms with Gasteiger partial charge in [0.15, 0.2) is 5.13 Å². The van der Waals surface area contributed by atoms with Crippen molar-refractivity contribution in [3.63, 3.8) is 0 Å². The van der Waals surface area contributed by atoms with Crippen LogP contribution in [0, 0.1) is 0 Å². The van der Waals surface area contributed by atoms with Gasteiger partial charge in [0.1, 0.15) is 0 Å². The van der Waals surface area contributed by atoms with Gasteiger partial charge in [-0.2, -0.15) is 0 Å². The van der Waals surface area contributed by atoms with Crippen LogP contribution in [0.5, 0.6) is 0 Å². The molecule has 2 aromatic rings. The summed E-state index contributed by atoms with van der Waals surface area (Å²) >= 11 is 2.91. The number of nitrogens with one attached hydrogen (secondary N) is 2. The highest BCUT2D eigenvalue weighted by Gasteiger charge is 2.23. The molecule has 1 aliphatic rings. The fourth-order valence-electron chi connectivity index (χ4n) is 2.00. The zero-order valence-corrected chi connectivity index (χ0v) is 12.9. The van der Waals surface area contributed by atoms with E-state index in [1.165, 1.54) is 23.1 Å². The molecule has 2 amide bonds. The SMILES string of the molecule is CC1Sc2ccc(CC(=O)Nc3nccs3)cc2NC1=O. The topological polar surface area (TPSA) is 71.1 Å². The second-order valence-electron chi connectivity index (χ2n) is 4.64. The minimum absolute atomic E-state index is 0.00288. The van der Waals surface area contributed by atoms with Crippen LogP contribution in [0.15, 0.2) is 34.7 Å². The van der Waals surface area contributed by atoms with E-state index in [0.717, 1.165) is 16.1 Å². The Hall–Kier alpha value is -1.86. The molecule has 21 heavy (non-hydrogen) atoms. The first-order chi connectivity index (χ1) is 10.1. The van der Waals surface area contributed by atoms with Gasteiger partial charge in [-0.3, -0.25) is 9.59 Å². The molecule has 0 bridgehead atoms. The summed E-state index contributed by atoms with van der Waals surface area (Å²) in [6.45, 7) is 1.87. The first-order valence-corrected chi connectivity index (χ1v) is 8.17. The average Bonchev–Trinajstić information content (AvgIpc) is 2.93. The largest absolute Gasteiger partial charge is 0.324 e. The Morgan fingerprint density at radius 1 is 1.48 bits per heavy atom. The van der Waals surface area contributed by atoms with Crippen LogP contribution in [-0.2, 0) is 16.0 Å². The second kappa shape index (κ2) is 5.87. The van der Waals surface area contributed by atoms with Crippen molar-refractivity contribution in [2.45, 2.75) is 23.5 Å². The maximum Gasteiger partial charge on any atom is 0.237 e. The van der Waals surface area contributed by atoms with Gasteiger partial charge in [0.05, 0.1) is 17.4 Å². The van der Waals surface area contributed by atoms with Crippen LogP contribution in [0.2, 0.25) is 0 Å². The van der Waals surface area contributed by atoms with Crippen LogP contribution in [-0.4, -0.2) is 22.0 Å². The molecule has 0 spiro atoms. The van der Waals surface area contributed by atoms with E-state index >= 15 is 0 Å². The van der Waals surface area contributed by atoms with E-state index in [4.69, 9.17) is 0 Å². The molecule has 2 N–H and O–H groups in total. The fraction of sp³-hybridized carbons (Fsp3) is 0.214. The predicted octanol–water partition coefficient (Wildman–Crippen LogP) is 2.76. The molecule has 0 radical (unpaired) electrons. The summed E-state index contributed by atoms with van der Waals surface area (Å²) in [4.78, 5) is 28.7. The van der Waals surface area contributed by atoms with Gasteiger partial charge in [-0.05, 0) is 24.6 Å². The van der Waals surface area contributed by atoms with Crippen molar-refractivity contribution in [3.8, 4) is 0 Å². The normalized spacial score (nSPS) is 17.0. The maximum absolute atomic E-state index is 11.9. The lowest BCUT2D eigenvalue weighted by Gasteiger charge is -2.21. The van der Waals surface area contributed by atoms with E-state index in [-0.39, 0.29) is 23.5 Å². The van der Waals surface area contributed by atoms with Gasteiger partial charge in [0, 0.05) is 16.5 Å². The molecular weight excluding hydrogens is 306 g/mol. The molecule has 1 aliphatic heterocycles. The molecule has 0 saturated carbocycles. The lowest BCUT2D eigenvalue weighted by Crippen LogP contribution is -2.26. The average molecular weight is 319 g/mol. The minimum atomic E-state index is -0.118. The summed E-state index contributed by atoms with van der Waals surface area (Å²) in [5.74, 6) is -0.120. The lowest BCUT2D eigenvalue weighted by molar-refractivity contribution is -0.116. The highest BCUT2D eigenvalue weighted by Crippen LogP contribution is 2.36. The Labute approximate surface area is 130 Å². The molecule has 1 unspecified atom stereocenters. The van der Waals surface area contributed by atoms with Gasteiger partial charge in [-0.1, -0.05) is 6.07 Å². The second-order valence-corrected chi connectivity index (χ2v) is 6.92. The zero-order valence-electron chi connectivity index (χ0n) is 11.3. The molecule has 5 nitrogen and oxygen atoms in total. The number of aromatic nitrogens is 1. The number of thioether (sulfide) groups is 1. The number of hydrogen-bond donors (Lipinski definition) is 2. The van der Waals surface area contributed by atoms with Gasteiger partial charge in [-0.25, -0.2) is 4.98 Å². The summed E-state index contributed by atoms with van der Waals surface area (Å²) in [5, 5.41) is 7.92. The van der Waals surface area contributed by atoms with Crippen LogP contribution in [0.1, 0.15) is 12.5 Å². The summed E-state index contributed by atoms with van der Waals surface area (Å²) in [5.41, 5.74) is 1.64. The monoisotopic (exact) mass is 319 g/mol. The standard InChI is InChI=1S/C14H13N3O2S2/c1-8-13(19)16-10-6-9(2-3-11(10)21-8)7-12(18)17-14-15-4-5-20-14/h2-6,8H,7H2,1H3,(H,16,19)(H,15,17,18). The van der Waals surface area contributed by atoms with Crippen molar-refractivity contribution in [2.75, 3.05) is 10.6 Å². The molecule has 0 fully saturated rings.